The molecule has 2 fully saturated rings. The van der Waals surface area contributed by atoms with E-state index in [0.717, 1.165) is 19.4 Å². The summed E-state index contributed by atoms with van der Waals surface area (Å²) in [7, 11) is 0. The Morgan fingerprint density at radius 3 is 2.56 bits per heavy atom. The van der Waals surface area contributed by atoms with Gasteiger partial charge in [-0.1, -0.05) is 19.3 Å². The highest BCUT2D eigenvalue weighted by atomic mass is 16.2. The summed E-state index contributed by atoms with van der Waals surface area (Å²) in [5, 5.41) is 6.44. The van der Waals surface area contributed by atoms with Gasteiger partial charge in [0.2, 0.25) is 5.91 Å². The number of amides is 1. The molecule has 2 rings (SSSR count). The van der Waals surface area contributed by atoms with E-state index in [1.165, 1.54) is 32.1 Å². The molecule has 0 unspecified atom stereocenters. The lowest BCUT2D eigenvalue weighted by Gasteiger charge is -2.29. The number of hydrogen-bond donors (Lipinski definition) is 2. The summed E-state index contributed by atoms with van der Waals surface area (Å²) in [4.78, 5) is 11.9. The third kappa shape index (κ3) is 2.97. The lowest BCUT2D eigenvalue weighted by Crippen LogP contribution is -2.46. The number of hydrogen-bond acceptors (Lipinski definition) is 2. The Hall–Kier alpha value is -0.570. The van der Waals surface area contributed by atoms with Crippen LogP contribution in [0.1, 0.15) is 51.9 Å². The van der Waals surface area contributed by atoms with E-state index in [2.05, 4.69) is 17.6 Å². The van der Waals surface area contributed by atoms with E-state index in [1.54, 1.807) is 0 Å². The summed E-state index contributed by atoms with van der Waals surface area (Å²) in [6, 6.07) is 0.432. The molecule has 1 heterocycles. The number of carbonyl (C=O) groups excluding carboxylic acids is 1. The van der Waals surface area contributed by atoms with Crippen molar-refractivity contribution in [2.45, 2.75) is 64.0 Å². The van der Waals surface area contributed by atoms with E-state index in [4.69, 9.17) is 0 Å². The molecule has 2 atom stereocenters. The van der Waals surface area contributed by atoms with Crippen molar-refractivity contribution in [1.82, 2.24) is 10.6 Å². The van der Waals surface area contributed by atoms with Gasteiger partial charge in [0.15, 0.2) is 0 Å². The molecule has 2 N–H and O–H groups in total. The molecule has 0 aromatic carbocycles. The molecule has 1 saturated carbocycles. The van der Waals surface area contributed by atoms with Crippen molar-refractivity contribution >= 4 is 5.91 Å². The standard InChI is InChI=1S/C13H24N2O/c1-10(11-6-3-2-4-7-11)15-13(16)12-8-5-9-14-12/h10-12,14H,2-9H2,1H3,(H,15,16)/t10-,12-/m0/s1. The van der Waals surface area contributed by atoms with Crippen LogP contribution in [0.5, 0.6) is 0 Å². The minimum Gasteiger partial charge on any atom is -0.352 e. The van der Waals surface area contributed by atoms with Crippen molar-refractivity contribution in [2.75, 3.05) is 6.54 Å². The molecule has 16 heavy (non-hydrogen) atoms. The second kappa shape index (κ2) is 5.67. The maximum absolute atomic E-state index is 11.9. The van der Waals surface area contributed by atoms with E-state index < -0.39 is 0 Å². The Bertz CT molecular complexity index is 230. The Labute approximate surface area is 98.4 Å². The average molecular weight is 224 g/mol. The monoisotopic (exact) mass is 224 g/mol. The molecular weight excluding hydrogens is 200 g/mol. The topological polar surface area (TPSA) is 41.1 Å². The largest absolute Gasteiger partial charge is 0.352 e. The summed E-state index contributed by atoms with van der Waals surface area (Å²) >= 11 is 0. The van der Waals surface area contributed by atoms with Gasteiger partial charge in [0.1, 0.15) is 0 Å². The first-order valence-corrected chi connectivity index (χ1v) is 6.81. The van der Waals surface area contributed by atoms with Gasteiger partial charge < -0.3 is 10.6 Å². The maximum Gasteiger partial charge on any atom is 0.237 e. The summed E-state index contributed by atoms with van der Waals surface area (Å²) in [6.07, 6.45) is 8.78. The molecular formula is C13H24N2O. The van der Waals surface area contributed by atoms with Gasteiger partial charge in [0.25, 0.3) is 0 Å². The Kier molecular flexibility index (Phi) is 4.22. The highest BCUT2D eigenvalue weighted by Crippen LogP contribution is 2.26. The van der Waals surface area contributed by atoms with Crippen molar-refractivity contribution in [3.63, 3.8) is 0 Å². The third-order valence-electron chi connectivity index (χ3n) is 4.10. The quantitative estimate of drug-likeness (QED) is 0.768. The molecule has 0 aromatic heterocycles. The van der Waals surface area contributed by atoms with E-state index in [1.807, 2.05) is 0 Å². The van der Waals surface area contributed by atoms with Gasteiger partial charge in [-0.05, 0) is 45.1 Å². The number of carbonyl (C=O) groups is 1. The van der Waals surface area contributed by atoms with Crippen LogP contribution in [0.25, 0.3) is 0 Å². The number of nitrogens with one attached hydrogen (secondary N) is 2. The minimum atomic E-state index is 0.0750. The lowest BCUT2D eigenvalue weighted by atomic mass is 9.84. The van der Waals surface area contributed by atoms with Crippen molar-refractivity contribution < 1.29 is 4.79 Å². The molecule has 3 nitrogen and oxygen atoms in total. The summed E-state index contributed by atoms with van der Waals surface area (Å²) in [6.45, 7) is 3.17. The van der Waals surface area contributed by atoms with Crippen LogP contribution in [0.3, 0.4) is 0 Å². The summed E-state index contributed by atoms with van der Waals surface area (Å²) in [5.41, 5.74) is 0. The average Bonchev–Trinajstić information content (AvgIpc) is 2.83. The molecule has 0 spiro atoms. The Balaban J connectivity index is 1.76. The molecule has 92 valence electrons. The third-order valence-corrected chi connectivity index (χ3v) is 4.10. The molecule has 2 aliphatic rings. The molecule has 0 aromatic rings. The van der Waals surface area contributed by atoms with Crippen molar-refractivity contribution in [2.24, 2.45) is 5.92 Å². The van der Waals surface area contributed by atoms with E-state index in [0.29, 0.717) is 12.0 Å². The normalized spacial score (nSPS) is 28.9. The van der Waals surface area contributed by atoms with Crippen LogP contribution in [0.15, 0.2) is 0 Å². The lowest BCUT2D eigenvalue weighted by molar-refractivity contribution is -0.123. The fraction of sp³-hybridized carbons (Fsp3) is 0.923. The predicted molar refractivity (Wildman–Crippen MR) is 65.2 cm³/mol. The van der Waals surface area contributed by atoms with Crippen molar-refractivity contribution in [1.29, 1.82) is 0 Å². The smallest absolute Gasteiger partial charge is 0.237 e. The fourth-order valence-corrected chi connectivity index (χ4v) is 2.99. The predicted octanol–water partition coefficient (Wildman–Crippen LogP) is 1.82. The Morgan fingerprint density at radius 2 is 1.94 bits per heavy atom. The molecule has 1 aliphatic carbocycles. The molecule has 1 aliphatic heterocycles. The van der Waals surface area contributed by atoms with Crippen LogP contribution in [0, 0.1) is 5.92 Å². The first-order chi connectivity index (χ1) is 7.77. The van der Waals surface area contributed by atoms with Crippen LogP contribution in [0.2, 0.25) is 0 Å². The first kappa shape index (κ1) is 11.9. The minimum absolute atomic E-state index is 0.0750. The SMILES string of the molecule is C[C@H](NC(=O)[C@@H]1CCCN1)C1CCCCC1. The van der Waals surface area contributed by atoms with Gasteiger partial charge in [-0.2, -0.15) is 0 Å². The van der Waals surface area contributed by atoms with Crippen LogP contribution < -0.4 is 10.6 Å². The molecule has 3 heteroatoms. The Morgan fingerprint density at radius 1 is 1.19 bits per heavy atom. The zero-order valence-corrected chi connectivity index (χ0v) is 10.3. The van der Waals surface area contributed by atoms with Crippen LogP contribution in [-0.2, 0) is 4.79 Å². The van der Waals surface area contributed by atoms with Gasteiger partial charge in [0, 0.05) is 6.04 Å². The van der Waals surface area contributed by atoms with Gasteiger partial charge in [-0.25, -0.2) is 0 Å². The van der Waals surface area contributed by atoms with E-state index >= 15 is 0 Å². The first-order valence-electron chi connectivity index (χ1n) is 6.81. The zero-order valence-electron chi connectivity index (χ0n) is 10.3. The van der Waals surface area contributed by atoms with Crippen molar-refractivity contribution in [3.8, 4) is 0 Å². The van der Waals surface area contributed by atoms with E-state index in [-0.39, 0.29) is 11.9 Å². The molecule has 1 amide bonds. The second-order valence-electron chi connectivity index (χ2n) is 5.34. The summed E-state index contributed by atoms with van der Waals surface area (Å²) < 4.78 is 0. The van der Waals surface area contributed by atoms with Crippen LogP contribution >= 0.6 is 0 Å². The highest BCUT2D eigenvalue weighted by molar-refractivity contribution is 5.82. The second-order valence-corrected chi connectivity index (χ2v) is 5.34. The molecule has 0 radical (unpaired) electrons. The van der Waals surface area contributed by atoms with Crippen molar-refractivity contribution in [3.05, 3.63) is 0 Å². The number of rotatable bonds is 3. The summed E-state index contributed by atoms with van der Waals surface area (Å²) in [5.74, 6) is 0.926. The van der Waals surface area contributed by atoms with Gasteiger partial charge >= 0.3 is 0 Å². The fourth-order valence-electron chi connectivity index (χ4n) is 2.99. The highest BCUT2D eigenvalue weighted by Gasteiger charge is 2.26. The van der Waals surface area contributed by atoms with Crippen LogP contribution in [-0.4, -0.2) is 24.5 Å². The molecule has 1 saturated heterocycles. The van der Waals surface area contributed by atoms with Gasteiger partial charge in [-0.3, -0.25) is 4.79 Å². The van der Waals surface area contributed by atoms with Gasteiger partial charge in [-0.15, -0.1) is 0 Å². The van der Waals surface area contributed by atoms with Gasteiger partial charge in [0.05, 0.1) is 6.04 Å². The molecule has 0 bridgehead atoms. The van der Waals surface area contributed by atoms with E-state index in [9.17, 15) is 4.79 Å². The zero-order chi connectivity index (χ0) is 11.4. The van der Waals surface area contributed by atoms with Crippen LogP contribution in [0.4, 0.5) is 0 Å². The maximum atomic E-state index is 11.9.